The van der Waals surface area contributed by atoms with Gasteiger partial charge in [-0.1, -0.05) is 0 Å². The molecule has 0 saturated carbocycles. The molecule has 0 bridgehead atoms. The second kappa shape index (κ2) is 7.49. The summed E-state index contributed by atoms with van der Waals surface area (Å²) < 4.78 is 83.8. The van der Waals surface area contributed by atoms with Crippen LogP contribution in [-0.4, -0.2) is 15.7 Å². The Hall–Kier alpha value is -3.50. The highest BCUT2D eigenvalue weighted by molar-refractivity contribution is 6.01. The summed E-state index contributed by atoms with van der Waals surface area (Å²) in [5, 5.41) is 6.07. The number of nitrogens with zero attached hydrogens (tertiary/aromatic N) is 2. The van der Waals surface area contributed by atoms with Gasteiger partial charge >= 0.3 is 12.4 Å². The second-order valence-electron chi connectivity index (χ2n) is 5.74. The molecule has 0 atom stereocenters. The average Bonchev–Trinajstić information content (AvgIpc) is 3.30. The highest BCUT2D eigenvalue weighted by Crippen LogP contribution is 2.38. The Morgan fingerprint density at radius 2 is 1.86 bits per heavy atom. The predicted octanol–water partition coefficient (Wildman–Crippen LogP) is 5.15. The molecule has 0 aliphatic rings. The number of hydrogen-bond donors (Lipinski definition) is 1. The summed E-state index contributed by atoms with van der Waals surface area (Å²) >= 11 is 0. The molecule has 0 radical (unpaired) electrons. The van der Waals surface area contributed by atoms with Gasteiger partial charge in [0.1, 0.15) is 5.76 Å². The first kappa shape index (κ1) is 20.2. The molecule has 2 heterocycles. The van der Waals surface area contributed by atoms with Gasteiger partial charge in [-0.2, -0.15) is 31.4 Å². The number of nitrogens with one attached hydrogen (secondary N) is 1. The highest BCUT2D eigenvalue weighted by Gasteiger charge is 2.38. The third-order valence-corrected chi connectivity index (χ3v) is 3.67. The van der Waals surface area contributed by atoms with Gasteiger partial charge in [-0.25, -0.2) is 4.68 Å². The Labute approximate surface area is 159 Å². The summed E-state index contributed by atoms with van der Waals surface area (Å²) in [5.41, 5.74) is -3.51. The van der Waals surface area contributed by atoms with Crippen molar-refractivity contribution in [3.63, 3.8) is 0 Å². The topological polar surface area (TPSA) is 60.1 Å². The molecule has 3 rings (SSSR count). The fourth-order valence-electron chi connectivity index (χ4n) is 2.39. The molecule has 5 nitrogen and oxygen atoms in total. The number of anilines is 1. The molecular formula is C18H11F6N3O2. The van der Waals surface area contributed by atoms with Crippen LogP contribution in [0.3, 0.4) is 0 Å². The maximum atomic E-state index is 13.3. The van der Waals surface area contributed by atoms with E-state index in [1.165, 1.54) is 12.3 Å². The van der Waals surface area contributed by atoms with Crippen molar-refractivity contribution < 1.29 is 35.6 Å². The number of alkyl halides is 6. The van der Waals surface area contributed by atoms with Gasteiger partial charge in [0.15, 0.2) is 0 Å². The van der Waals surface area contributed by atoms with Crippen molar-refractivity contribution in [1.82, 2.24) is 9.78 Å². The molecule has 1 N–H and O–H groups in total. The van der Waals surface area contributed by atoms with Crippen LogP contribution in [0.5, 0.6) is 0 Å². The fraction of sp³-hybridized carbons (Fsp3) is 0.111. The summed E-state index contributed by atoms with van der Waals surface area (Å²) in [6, 6.07) is 4.42. The molecule has 0 unspecified atom stereocenters. The Bertz CT molecular complexity index is 1030. The third kappa shape index (κ3) is 4.86. The first-order valence-corrected chi connectivity index (χ1v) is 7.90. The number of benzene rings is 1. The first-order chi connectivity index (χ1) is 13.5. The van der Waals surface area contributed by atoms with Crippen LogP contribution in [0.2, 0.25) is 0 Å². The van der Waals surface area contributed by atoms with E-state index in [0.29, 0.717) is 17.9 Å². The number of carbonyl (C=O) groups excluding carboxylic acids is 1. The van der Waals surface area contributed by atoms with Crippen LogP contribution in [0, 0.1) is 0 Å². The van der Waals surface area contributed by atoms with Crippen LogP contribution in [0.15, 0.2) is 59.5 Å². The van der Waals surface area contributed by atoms with Crippen LogP contribution in [0.4, 0.5) is 32.0 Å². The first-order valence-electron chi connectivity index (χ1n) is 7.90. The van der Waals surface area contributed by atoms with Crippen molar-refractivity contribution in [3.05, 3.63) is 72.0 Å². The number of rotatable bonds is 4. The summed E-state index contributed by atoms with van der Waals surface area (Å²) in [7, 11) is 0. The van der Waals surface area contributed by atoms with Gasteiger partial charge in [0.2, 0.25) is 5.91 Å². The van der Waals surface area contributed by atoms with Gasteiger partial charge in [0.25, 0.3) is 0 Å². The monoisotopic (exact) mass is 415 g/mol. The molecule has 1 amide bonds. The fourth-order valence-corrected chi connectivity index (χ4v) is 2.39. The smallest absolute Gasteiger partial charge is 0.418 e. The summed E-state index contributed by atoms with van der Waals surface area (Å²) in [6.45, 7) is 0. The average molecular weight is 415 g/mol. The minimum Gasteiger partial charge on any atom is -0.465 e. The molecule has 0 fully saturated rings. The molecule has 2 aromatic heterocycles. The standard InChI is InChI=1S/C18H11F6N3O2/c19-17(20,21)11-3-5-15(14(8-11)18(22,23)24)27-10-12(9-25-27)26-16(28)6-4-13-2-1-7-29-13/h1-10H,(H,26,28)/b6-4-. The molecule has 1 aromatic carbocycles. The van der Waals surface area contributed by atoms with Gasteiger partial charge in [-0.05, 0) is 36.4 Å². The zero-order valence-electron chi connectivity index (χ0n) is 14.3. The van der Waals surface area contributed by atoms with E-state index in [9.17, 15) is 31.1 Å². The van der Waals surface area contributed by atoms with Crippen LogP contribution in [0.1, 0.15) is 16.9 Å². The van der Waals surface area contributed by atoms with Crippen molar-refractivity contribution in [2.45, 2.75) is 12.4 Å². The molecule has 0 aliphatic carbocycles. The van der Waals surface area contributed by atoms with E-state index in [0.717, 1.165) is 23.2 Å². The quantitative estimate of drug-likeness (QED) is 0.473. The van der Waals surface area contributed by atoms with E-state index < -0.39 is 35.1 Å². The molecule has 0 aliphatic heterocycles. The lowest BCUT2D eigenvalue weighted by Gasteiger charge is -2.15. The Morgan fingerprint density at radius 3 is 2.48 bits per heavy atom. The lowest BCUT2D eigenvalue weighted by atomic mass is 10.1. The molecule has 0 spiro atoms. The van der Waals surface area contributed by atoms with Crippen molar-refractivity contribution in [2.24, 2.45) is 0 Å². The van der Waals surface area contributed by atoms with Gasteiger partial charge < -0.3 is 9.73 Å². The second-order valence-corrected chi connectivity index (χ2v) is 5.74. The van der Waals surface area contributed by atoms with Crippen LogP contribution in [-0.2, 0) is 17.1 Å². The zero-order valence-corrected chi connectivity index (χ0v) is 14.3. The van der Waals surface area contributed by atoms with Crippen LogP contribution < -0.4 is 5.32 Å². The van der Waals surface area contributed by atoms with Crippen molar-refractivity contribution in [3.8, 4) is 5.69 Å². The minimum absolute atomic E-state index is 0.0152. The Kier molecular flexibility index (Phi) is 5.23. The van der Waals surface area contributed by atoms with Gasteiger partial charge in [-0.3, -0.25) is 4.79 Å². The van der Waals surface area contributed by atoms with E-state index in [-0.39, 0.29) is 11.8 Å². The summed E-state index contributed by atoms with van der Waals surface area (Å²) in [4.78, 5) is 11.9. The maximum absolute atomic E-state index is 13.3. The SMILES string of the molecule is O=C(/C=C\c1ccco1)Nc1cnn(-c2ccc(C(F)(F)F)cc2C(F)(F)F)c1. The molecule has 11 heteroatoms. The zero-order chi connectivity index (χ0) is 21.2. The molecular weight excluding hydrogens is 404 g/mol. The summed E-state index contributed by atoms with van der Waals surface area (Å²) in [5.74, 6) is -0.195. The Morgan fingerprint density at radius 1 is 1.10 bits per heavy atom. The normalized spacial score (nSPS) is 12.5. The lowest BCUT2D eigenvalue weighted by Crippen LogP contribution is -2.14. The van der Waals surface area contributed by atoms with E-state index in [2.05, 4.69) is 10.4 Å². The van der Waals surface area contributed by atoms with E-state index in [1.54, 1.807) is 12.1 Å². The van der Waals surface area contributed by atoms with Gasteiger partial charge in [0, 0.05) is 6.08 Å². The molecule has 3 aromatic rings. The number of hydrogen-bond acceptors (Lipinski definition) is 3. The molecule has 0 saturated heterocycles. The maximum Gasteiger partial charge on any atom is 0.418 e. The van der Waals surface area contributed by atoms with Crippen molar-refractivity contribution in [1.29, 1.82) is 0 Å². The summed E-state index contributed by atoms with van der Waals surface area (Å²) in [6.07, 6.45) is -3.94. The number of amides is 1. The number of aromatic nitrogens is 2. The number of carbonyl (C=O) groups is 1. The Balaban J connectivity index is 1.85. The van der Waals surface area contributed by atoms with E-state index in [4.69, 9.17) is 4.42 Å². The molecule has 152 valence electrons. The number of furan rings is 1. The van der Waals surface area contributed by atoms with Gasteiger partial charge in [0.05, 0.1) is 41.2 Å². The van der Waals surface area contributed by atoms with E-state index in [1.807, 2.05) is 0 Å². The minimum atomic E-state index is -5.04. The lowest BCUT2D eigenvalue weighted by molar-refractivity contribution is -0.143. The van der Waals surface area contributed by atoms with Crippen molar-refractivity contribution >= 4 is 17.7 Å². The van der Waals surface area contributed by atoms with Crippen molar-refractivity contribution in [2.75, 3.05) is 5.32 Å². The number of halogens is 6. The van der Waals surface area contributed by atoms with Gasteiger partial charge in [-0.15, -0.1) is 0 Å². The van der Waals surface area contributed by atoms with Crippen LogP contribution >= 0.6 is 0 Å². The molecule has 29 heavy (non-hydrogen) atoms. The van der Waals surface area contributed by atoms with Crippen LogP contribution in [0.25, 0.3) is 11.8 Å². The predicted molar refractivity (Wildman–Crippen MR) is 89.9 cm³/mol. The third-order valence-electron chi connectivity index (χ3n) is 3.67. The van der Waals surface area contributed by atoms with E-state index >= 15 is 0 Å². The largest absolute Gasteiger partial charge is 0.465 e. The highest BCUT2D eigenvalue weighted by atomic mass is 19.4.